The first-order valence-electron chi connectivity index (χ1n) is 9.90. The van der Waals surface area contributed by atoms with Crippen LogP contribution in [0.15, 0.2) is 48.5 Å². The maximum atomic E-state index is 12.9. The highest BCUT2D eigenvalue weighted by molar-refractivity contribution is 5.94. The molecule has 150 valence electrons. The molecule has 1 saturated carbocycles. The molecule has 5 heteroatoms. The van der Waals surface area contributed by atoms with Gasteiger partial charge in [0.05, 0.1) is 0 Å². The molecule has 0 spiro atoms. The van der Waals surface area contributed by atoms with E-state index in [2.05, 4.69) is 17.2 Å². The molecular weight excluding hydrogens is 367 g/mol. The van der Waals surface area contributed by atoms with Crippen molar-refractivity contribution in [3.63, 3.8) is 0 Å². The van der Waals surface area contributed by atoms with E-state index in [-0.39, 0.29) is 29.6 Å². The average Bonchev–Trinajstić information content (AvgIpc) is 3.23. The maximum absolute atomic E-state index is 12.9. The lowest BCUT2D eigenvalue weighted by atomic mass is 10.1. The Labute approximate surface area is 171 Å². The van der Waals surface area contributed by atoms with E-state index < -0.39 is 0 Å². The van der Waals surface area contributed by atoms with Crippen molar-refractivity contribution in [1.29, 1.82) is 0 Å². The van der Waals surface area contributed by atoms with Crippen molar-refractivity contribution in [2.45, 2.75) is 32.2 Å². The fourth-order valence-electron chi connectivity index (χ4n) is 3.61. The second-order valence-corrected chi connectivity index (χ2v) is 7.31. The lowest BCUT2D eigenvalue weighted by molar-refractivity contribution is -0.124. The smallest absolute Gasteiger partial charge is 0.253 e. The van der Waals surface area contributed by atoms with Gasteiger partial charge in [0.25, 0.3) is 5.91 Å². The van der Waals surface area contributed by atoms with E-state index in [1.807, 2.05) is 19.1 Å². The molecule has 1 aliphatic carbocycles. The van der Waals surface area contributed by atoms with Gasteiger partial charge in [0.2, 0.25) is 5.91 Å². The van der Waals surface area contributed by atoms with Crippen LogP contribution in [-0.4, -0.2) is 36.3 Å². The molecule has 2 aromatic carbocycles. The Balaban J connectivity index is 1.61. The number of benzene rings is 2. The van der Waals surface area contributed by atoms with Crippen LogP contribution in [0.25, 0.3) is 0 Å². The SMILES string of the molecule is CCNC(=O)[C@H]1CC[C@@H](N(C)C(=O)c2ccc(C#Cc3ccc(F)cc3)cc2)C1. The summed E-state index contributed by atoms with van der Waals surface area (Å²) in [6.45, 7) is 2.54. The number of rotatable bonds is 4. The highest BCUT2D eigenvalue weighted by atomic mass is 19.1. The van der Waals surface area contributed by atoms with Gasteiger partial charge in [-0.2, -0.15) is 0 Å². The lowest BCUT2D eigenvalue weighted by Gasteiger charge is -2.24. The van der Waals surface area contributed by atoms with Crippen molar-refractivity contribution in [3.05, 3.63) is 71.0 Å². The molecule has 1 N–H and O–H groups in total. The van der Waals surface area contributed by atoms with Crippen molar-refractivity contribution in [1.82, 2.24) is 10.2 Å². The van der Waals surface area contributed by atoms with Crippen LogP contribution in [0.5, 0.6) is 0 Å². The quantitative estimate of drug-likeness (QED) is 0.809. The molecule has 1 fully saturated rings. The van der Waals surface area contributed by atoms with E-state index in [1.54, 1.807) is 36.2 Å². The van der Waals surface area contributed by atoms with Crippen molar-refractivity contribution in [3.8, 4) is 11.8 Å². The number of carbonyl (C=O) groups is 2. The predicted octanol–water partition coefficient (Wildman–Crippen LogP) is 3.60. The van der Waals surface area contributed by atoms with Crippen LogP contribution in [0.4, 0.5) is 4.39 Å². The lowest BCUT2D eigenvalue weighted by Crippen LogP contribution is -2.36. The summed E-state index contributed by atoms with van der Waals surface area (Å²) in [5.41, 5.74) is 2.11. The molecule has 2 aromatic rings. The number of amides is 2. The normalized spacial score (nSPS) is 17.9. The Hall–Kier alpha value is -3.13. The molecule has 4 nitrogen and oxygen atoms in total. The molecule has 0 aromatic heterocycles. The standard InChI is InChI=1S/C24H25FN2O2/c1-3-26-23(28)20-12-15-22(16-20)27(2)24(29)19-10-6-17(7-11-19)4-5-18-8-13-21(25)14-9-18/h6-11,13-14,20,22H,3,12,15-16H2,1-2H3,(H,26,28)/t20-,22+/m0/s1. The van der Waals surface area contributed by atoms with Crippen LogP contribution in [-0.2, 0) is 4.79 Å². The molecule has 3 rings (SSSR count). The van der Waals surface area contributed by atoms with Crippen LogP contribution in [0.2, 0.25) is 0 Å². The molecule has 0 saturated heterocycles. The molecule has 29 heavy (non-hydrogen) atoms. The second-order valence-electron chi connectivity index (χ2n) is 7.31. The molecule has 0 radical (unpaired) electrons. The zero-order valence-electron chi connectivity index (χ0n) is 16.7. The van der Waals surface area contributed by atoms with E-state index >= 15 is 0 Å². The first kappa shape index (κ1) is 20.6. The Bertz CT molecular complexity index is 926. The molecule has 0 heterocycles. The van der Waals surface area contributed by atoms with Gasteiger partial charge >= 0.3 is 0 Å². The van der Waals surface area contributed by atoms with Crippen molar-refractivity contribution < 1.29 is 14.0 Å². The van der Waals surface area contributed by atoms with E-state index in [4.69, 9.17) is 0 Å². The minimum Gasteiger partial charge on any atom is -0.356 e. The Kier molecular flexibility index (Phi) is 6.66. The average molecular weight is 392 g/mol. The maximum Gasteiger partial charge on any atom is 0.253 e. The van der Waals surface area contributed by atoms with Gasteiger partial charge in [-0.3, -0.25) is 9.59 Å². The summed E-state index contributed by atoms with van der Waals surface area (Å²) in [5.74, 6) is 5.73. The number of nitrogens with one attached hydrogen (secondary N) is 1. The van der Waals surface area contributed by atoms with E-state index in [0.29, 0.717) is 18.5 Å². The molecule has 2 atom stereocenters. The van der Waals surface area contributed by atoms with Gasteiger partial charge < -0.3 is 10.2 Å². The van der Waals surface area contributed by atoms with Crippen LogP contribution >= 0.6 is 0 Å². The number of halogens is 1. The van der Waals surface area contributed by atoms with E-state index in [9.17, 15) is 14.0 Å². The monoisotopic (exact) mass is 392 g/mol. The molecule has 0 aliphatic heterocycles. The van der Waals surface area contributed by atoms with Crippen molar-refractivity contribution in [2.24, 2.45) is 5.92 Å². The van der Waals surface area contributed by atoms with Crippen LogP contribution < -0.4 is 5.32 Å². The molecule has 2 amide bonds. The van der Waals surface area contributed by atoms with Gasteiger partial charge in [-0.1, -0.05) is 11.8 Å². The Morgan fingerprint density at radius 3 is 2.21 bits per heavy atom. The second kappa shape index (κ2) is 9.38. The number of hydrogen-bond acceptors (Lipinski definition) is 2. The fraction of sp³-hybridized carbons (Fsp3) is 0.333. The van der Waals surface area contributed by atoms with Crippen LogP contribution in [0.1, 0.15) is 47.7 Å². The van der Waals surface area contributed by atoms with Crippen molar-refractivity contribution >= 4 is 11.8 Å². The van der Waals surface area contributed by atoms with Gasteiger partial charge in [-0.05, 0) is 74.7 Å². The zero-order chi connectivity index (χ0) is 20.8. The Morgan fingerprint density at radius 2 is 1.62 bits per heavy atom. The summed E-state index contributed by atoms with van der Waals surface area (Å²) in [7, 11) is 1.80. The van der Waals surface area contributed by atoms with E-state index in [0.717, 1.165) is 24.0 Å². The van der Waals surface area contributed by atoms with Gasteiger partial charge in [-0.15, -0.1) is 0 Å². The van der Waals surface area contributed by atoms with Crippen molar-refractivity contribution in [2.75, 3.05) is 13.6 Å². The summed E-state index contributed by atoms with van der Waals surface area (Å²) in [6, 6.07) is 13.2. The largest absolute Gasteiger partial charge is 0.356 e. The fourth-order valence-corrected chi connectivity index (χ4v) is 3.61. The summed E-state index contributed by atoms with van der Waals surface area (Å²) in [4.78, 5) is 26.6. The molecule has 1 aliphatic rings. The topological polar surface area (TPSA) is 49.4 Å². The van der Waals surface area contributed by atoms with Gasteiger partial charge in [0.15, 0.2) is 0 Å². The predicted molar refractivity (Wildman–Crippen MR) is 111 cm³/mol. The van der Waals surface area contributed by atoms with Gasteiger partial charge in [-0.25, -0.2) is 4.39 Å². The molecular formula is C24H25FN2O2. The summed E-state index contributed by atoms with van der Waals surface area (Å²) < 4.78 is 12.9. The van der Waals surface area contributed by atoms with Gasteiger partial charge in [0, 0.05) is 42.2 Å². The third-order valence-electron chi connectivity index (χ3n) is 5.32. The Morgan fingerprint density at radius 1 is 1.03 bits per heavy atom. The van der Waals surface area contributed by atoms with Crippen LogP contribution in [0.3, 0.4) is 0 Å². The first-order chi connectivity index (χ1) is 14.0. The van der Waals surface area contributed by atoms with Crippen LogP contribution in [0, 0.1) is 23.6 Å². The summed E-state index contributed by atoms with van der Waals surface area (Å²) >= 11 is 0. The highest BCUT2D eigenvalue weighted by Gasteiger charge is 2.33. The minimum atomic E-state index is -0.290. The number of nitrogens with zero attached hydrogens (tertiary/aromatic N) is 1. The number of carbonyl (C=O) groups excluding carboxylic acids is 2. The molecule has 0 unspecified atom stereocenters. The minimum absolute atomic E-state index is 0.0145. The number of hydrogen-bond donors (Lipinski definition) is 1. The third kappa shape index (κ3) is 5.23. The molecule has 0 bridgehead atoms. The first-order valence-corrected chi connectivity index (χ1v) is 9.90. The summed E-state index contributed by atoms with van der Waals surface area (Å²) in [6.07, 6.45) is 2.35. The van der Waals surface area contributed by atoms with E-state index in [1.165, 1.54) is 12.1 Å². The summed E-state index contributed by atoms with van der Waals surface area (Å²) in [5, 5.41) is 2.87. The zero-order valence-corrected chi connectivity index (χ0v) is 16.7. The highest BCUT2D eigenvalue weighted by Crippen LogP contribution is 2.29. The van der Waals surface area contributed by atoms with Gasteiger partial charge in [0.1, 0.15) is 5.82 Å². The third-order valence-corrected chi connectivity index (χ3v) is 5.32.